The summed E-state index contributed by atoms with van der Waals surface area (Å²) >= 11 is 0. The van der Waals surface area contributed by atoms with Crippen molar-refractivity contribution in [2.24, 2.45) is 5.73 Å². The van der Waals surface area contributed by atoms with Crippen molar-refractivity contribution in [3.05, 3.63) is 11.7 Å². The molecule has 9 heteroatoms. The topological polar surface area (TPSA) is 88.5 Å². The lowest BCUT2D eigenvalue weighted by molar-refractivity contribution is -0.134. The van der Waals surface area contributed by atoms with Crippen LogP contribution in [0, 0.1) is 6.92 Å². The summed E-state index contributed by atoms with van der Waals surface area (Å²) in [5, 5.41) is 3.81. The van der Waals surface area contributed by atoms with Gasteiger partial charge in [-0.15, -0.1) is 24.8 Å². The van der Waals surface area contributed by atoms with E-state index in [1.807, 2.05) is 11.8 Å². The van der Waals surface area contributed by atoms with E-state index in [1.54, 1.807) is 13.8 Å². The Bertz CT molecular complexity index is 447. The van der Waals surface area contributed by atoms with E-state index in [-0.39, 0.29) is 36.8 Å². The smallest absolute Gasteiger partial charge is 0.243 e. The predicted molar refractivity (Wildman–Crippen MR) is 83.7 cm³/mol. The largest absolute Gasteiger partial charge is 0.339 e. The number of carbonyl (C=O) groups excluding carboxylic acids is 1. The second kappa shape index (κ2) is 8.53. The van der Waals surface area contributed by atoms with Crippen LogP contribution in [0.3, 0.4) is 0 Å². The maximum absolute atomic E-state index is 11.8. The number of nitrogens with zero attached hydrogens (tertiary/aromatic N) is 4. The number of amides is 1. The molecule has 21 heavy (non-hydrogen) atoms. The molecule has 1 unspecified atom stereocenters. The first kappa shape index (κ1) is 20.1. The highest BCUT2D eigenvalue weighted by Crippen LogP contribution is 2.20. The highest BCUT2D eigenvalue weighted by atomic mass is 35.5. The Morgan fingerprint density at radius 2 is 1.81 bits per heavy atom. The van der Waals surface area contributed by atoms with Gasteiger partial charge in [-0.05, 0) is 20.8 Å². The van der Waals surface area contributed by atoms with Gasteiger partial charge in [0.15, 0.2) is 5.82 Å². The monoisotopic (exact) mass is 339 g/mol. The molecule has 1 saturated heterocycles. The number of hydrogen-bond acceptors (Lipinski definition) is 6. The van der Waals surface area contributed by atoms with Crippen LogP contribution in [0.25, 0.3) is 0 Å². The minimum absolute atomic E-state index is 0. The number of aryl methyl sites for hydroxylation is 1. The normalized spacial score (nSPS) is 18.4. The molecule has 0 aliphatic carbocycles. The SMILES string of the molecule is Cc1noc(C(C)N2CCN(C(=O)[C@@H](C)N)CC2)n1.Cl.Cl. The van der Waals surface area contributed by atoms with E-state index >= 15 is 0 Å². The van der Waals surface area contributed by atoms with E-state index in [1.165, 1.54) is 0 Å². The summed E-state index contributed by atoms with van der Waals surface area (Å²) in [6.45, 7) is 8.53. The van der Waals surface area contributed by atoms with Gasteiger partial charge in [0.25, 0.3) is 0 Å². The summed E-state index contributed by atoms with van der Waals surface area (Å²) < 4.78 is 5.19. The molecule has 1 amide bonds. The van der Waals surface area contributed by atoms with Crippen LogP contribution in [-0.4, -0.2) is 58.1 Å². The summed E-state index contributed by atoms with van der Waals surface area (Å²) in [6.07, 6.45) is 0. The average molecular weight is 340 g/mol. The Hall–Kier alpha value is -0.890. The molecule has 1 aromatic rings. The Balaban J connectivity index is 0.00000200. The summed E-state index contributed by atoms with van der Waals surface area (Å²) in [5.74, 6) is 1.29. The van der Waals surface area contributed by atoms with E-state index in [0.29, 0.717) is 24.8 Å². The maximum atomic E-state index is 11.8. The Morgan fingerprint density at radius 1 is 1.24 bits per heavy atom. The lowest BCUT2D eigenvalue weighted by Gasteiger charge is -2.37. The molecule has 122 valence electrons. The van der Waals surface area contributed by atoms with Gasteiger partial charge in [0.05, 0.1) is 12.1 Å². The minimum Gasteiger partial charge on any atom is -0.339 e. The molecule has 0 spiro atoms. The van der Waals surface area contributed by atoms with Gasteiger partial charge >= 0.3 is 0 Å². The first-order valence-corrected chi connectivity index (χ1v) is 6.57. The number of nitrogens with two attached hydrogens (primary N) is 1. The van der Waals surface area contributed by atoms with Crippen LogP contribution in [0.15, 0.2) is 4.52 Å². The Labute approximate surface area is 137 Å². The summed E-state index contributed by atoms with van der Waals surface area (Å²) in [5.41, 5.74) is 5.62. The zero-order valence-electron chi connectivity index (χ0n) is 12.5. The molecule has 0 bridgehead atoms. The summed E-state index contributed by atoms with van der Waals surface area (Å²) in [7, 11) is 0. The molecule has 2 atom stereocenters. The highest BCUT2D eigenvalue weighted by Gasteiger charge is 2.28. The molecule has 1 aliphatic heterocycles. The lowest BCUT2D eigenvalue weighted by Crippen LogP contribution is -2.52. The van der Waals surface area contributed by atoms with Crippen molar-refractivity contribution >= 4 is 30.7 Å². The lowest BCUT2D eigenvalue weighted by atomic mass is 10.2. The van der Waals surface area contributed by atoms with Crippen molar-refractivity contribution in [2.45, 2.75) is 32.9 Å². The highest BCUT2D eigenvalue weighted by molar-refractivity contribution is 5.85. The number of piperazine rings is 1. The molecule has 2 rings (SSSR count). The minimum atomic E-state index is -0.428. The Kier molecular flexibility index (Phi) is 8.17. The molecule has 2 N–H and O–H groups in total. The number of hydrogen-bond donors (Lipinski definition) is 1. The van der Waals surface area contributed by atoms with Gasteiger partial charge in [0, 0.05) is 26.2 Å². The standard InChI is InChI=1S/C12H21N5O2.2ClH/c1-8(13)12(18)17-6-4-16(5-7-17)9(2)11-14-10(3)15-19-11;;/h8-9H,4-7,13H2,1-3H3;2*1H/t8-,9?;;/m1../s1. The zero-order chi connectivity index (χ0) is 14.0. The van der Waals surface area contributed by atoms with E-state index < -0.39 is 6.04 Å². The van der Waals surface area contributed by atoms with Gasteiger partial charge in [-0.1, -0.05) is 5.16 Å². The molecule has 1 aromatic heterocycles. The number of carbonyl (C=O) groups is 1. The molecule has 1 aliphatic rings. The van der Waals surface area contributed by atoms with E-state index in [0.717, 1.165) is 13.1 Å². The van der Waals surface area contributed by atoms with Gasteiger partial charge in [-0.25, -0.2) is 0 Å². The number of rotatable bonds is 3. The van der Waals surface area contributed by atoms with E-state index in [9.17, 15) is 4.79 Å². The van der Waals surface area contributed by atoms with Gasteiger partial charge in [0.1, 0.15) is 0 Å². The first-order valence-electron chi connectivity index (χ1n) is 6.57. The predicted octanol–water partition coefficient (Wildman–Crippen LogP) is 0.774. The number of halogens is 2. The maximum Gasteiger partial charge on any atom is 0.243 e. The molecule has 2 heterocycles. The summed E-state index contributed by atoms with van der Waals surface area (Å²) in [4.78, 5) is 20.1. The van der Waals surface area contributed by atoms with Crippen molar-refractivity contribution in [3.63, 3.8) is 0 Å². The Morgan fingerprint density at radius 3 is 2.24 bits per heavy atom. The van der Waals surface area contributed by atoms with E-state index in [4.69, 9.17) is 10.3 Å². The number of aromatic nitrogens is 2. The summed E-state index contributed by atoms with van der Waals surface area (Å²) in [6, 6.07) is -0.351. The third-order valence-electron chi connectivity index (χ3n) is 3.46. The van der Waals surface area contributed by atoms with Crippen molar-refractivity contribution in [1.82, 2.24) is 19.9 Å². The molecule has 1 fully saturated rings. The van der Waals surface area contributed by atoms with Crippen LogP contribution < -0.4 is 5.73 Å². The third kappa shape index (κ3) is 4.81. The van der Waals surface area contributed by atoms with Crippen molar-refractivity contribution in [1.29, 1.82) is 0 Å². The molecular formula is C12H23Cl2N5O2. The fraction of sp³-hybridized carbons (Fsp3) is 0.750. The van der Waals surface area contributed by atoms with Crippen molar-refractivity contribution < 1.29 is 9.32 Å². The van der Waals surface area contributed by atoms with Crippen LogP contribution in [0.1, 0.15) is 31.6 Å². The van der Waals surface area contributed by atoms with Crippen LogP contribution in [0.5, 0.6) is 0 Å². The third-order valence-corrected chi connectivity index (χ3v) is 3.46. The van der Waals surface area contributed by atoms with Crippen LogP contribution >= 0.6 is 24.8 Å². The molecule has 0 aromatic carbocycles. The van der Waals surface area contributed by atoms with E-state index in [2.05, 4.69) is 15.0 Å². The fourth-order valence-electron chi connectivity index (χ4n) is 2.26. The average Bonchev–Trinajstić information content (AvgIpc) is 2.84. The zero-order valence-corrected chi connectivity index (χ0v) is 14.1. The van der Waals surface area contributed by atoms with Gasteiger partial charge < -0.3 is 15.2 Å². The quantitative estimate of drug-likeness (QED) is 0.875. The van der Waals surface area contributed by atoms with Crippen molar-refractivity contribution in [2.75, 3.05) is 26.2 Å². The van der Waals surface area contributed by atoms with Crippen LogP contribution in [0.4, 0.5) is 0 Å². The van der Waals surface area contributed by atoms with Gasteiger partial charge in [-0.2, -0.15) is 4.98 Å². The van der Waals surface area contributed by atoms with Crippen molar-refractivity contribution in [3.8, 4) is 0 Å². The second-order valence-electron chi connectivity index (χ2n) is 5.01. The molecule has 7 nitrogen and oxygen atoms in total. The first-order chi connectivity index (χ1) is 8.99. The second-order valence-corrected chi connectivity index (χ2v) is 5.01. The molecule has 0 radical (unpaired) electrons. The molecular weight excluding hydrogens is 317 g/mol. The van der Waals surface area contributed by atoms with Crippen LogP contribution in [0.2, 0.25) is 0 Å². The van der Waals surface area contributed by atoms with Gasteiger partial charge in [0.2, 0.25) is 11.8 Å². The fourth-order valence-corrected chi connectivity index (χ4v) is 2.26. The van der Waals surface area contributed by atoms with Crippen LogP contribution in [-0.2, 0) is 4.79 Å². The van der Waals surface area contributed by atoms with Gasteiger partial charge in [-0.3, -0.25) is 9.69 Å². The molecule has 0 saturated carbocycles.